The Morgan fingerprint density at radius 2 is 2.04 bits per heavy atom. The van der Waals surface area contributed by atoms with Gasteiger partial charge in [0.1, 0.15) is 5.58 Å². The zero-order valence-electron chi connectivity index (χ0n) is 14.1. The lowest BCUT2D eigenvalue weighted by atomic mass is 9.43. The Kier molecular flexibility index (Phi) is 3.40. The Hall–Kier alpha value is -1.26. The van der Waals surface area contributed by atoms with E-state index >= 15 is 0 Å². The molecule has 0 amide bonds. The van der Waals surface area contributed by atoms with Gasteiger partial charge in [0.2, 0.25) is 0 Å². The van der Waals surface area contributed by atoms with E-state index in [4.69, 9.17) is 9.07 Å². The maximum Gasteiger partial charge on any atom is 0.297 e. The highest BCUT2D eigenvalue weighted by molar-refractivity contribution is 6.27. The van der Waals surface area contributed by atoms with E-state index in [9.17, 15) is 5.11 Å². The molecular weight excluding hydrogens is 287 g/mol. The van der Waals surface area contributed by atoms with Gasteiger partial charge >= 0.3 is 0 Å². The largest absolute Gasteiger partial charge is 0.464 e. The summed E-state index contributed by atoms with van der Waals surface area (Å²) in [7, 11) is 1.84. The van der Waals surface area contributed by atoms with Crippen molar-refractivity contribution in [1.82, 2.24) is 0 Å². The monoisotopic (exact) mass is 311 g/mol. The number of furan rings is 1. The van der Waals surface area contributed by atoms with Crippen molar-refractivity contribution < 1.29 is 14.2 Å². The summed E-state index contributed by atoms with van der Waals surface area (Å²) in [5, 5.41) is 12.1. The van der Waals surface area contributed by atoms with Crippen molar-refractivity contribution in [2.24, 2.45) is 17.3 Å². The highest BCUT2D eigenvalue weighted by Gasteiger charge is 2.62. The van der Waals surface area contributed by atoms with Crippen molar-refractivity contribution in [3.63, 3.8) is 0 Å². The Bertz CT molecular complexity index is 718. The molecule has 1 radical (unpaired) electrons. The second-order valence-electron chi connectivity index (χ2n) is 8.02. The van der Waals surface area contributed by atoms with Gasteiger partial charge in [-0.05, 0) is 55.0 Å². The second kappa shape index (κ2) is 5.12. The van der Waals surface area contributed by atoms with Crippen LogP contribution in [0.25, 0.3) is 11.0 Å². The molecule has 4 atom stereocenters. The van der Waals surface area contributed by atoms with Crippen LogP contribution in [0.5, 0.6) is 0 Å². The number of para-hydroxylation sites is 1. The molecule has 1 N–H and O–H groups in total. The lowest BCUT2D eigenvalue weighted by Gasteiger charge is -2.65. The predicted octanol–water partition coefficient (Wildman–Crippen LogP) is 3.75. The van der Waals surface area contributed by atoms with Crippen molar-refractivity contribution in [3.05, 3.63) is 36.1 Å². The summed E-state index contributed by atoms with van der Waals surface area (Å²) >= 11 is 0. The standard InChI is InChI=1S/C19H24BO3/c1-18(2)13-8-16(18)19(3,21)17(9-13)23-20-10-12-11-22-15-7-5-4-6-14(12)15/h4-7,11,13,16-17,21H,8-10H2,1-3H3/t13-,16-,17+,19-/m0/s1. The smallest absolute Gasteiger partial charge is 0.297 e. The Labute approximate surface area is 138 Å². The Morgan fingerprint density at radius 3 is 2.78 bits per heavy atom. The topological polar surface area (TPSA) is 42.6 Å². The number of hydrogen-bond donors (Lipinski definition) is 1. The molecule has 1 aromatic carbocycles. The van der Waals surface area contributed by atoms with Crippen molar-refractivity contribution in [3.8, 4) is 0 Å². The minimum atomic E-state index is -0.743. The van der Waals surface area contributed by atoms with Crippen LogP contribution < -0.4 is 0 Å². The molecule has 1 heterocycles. The van der Waals surface area contributed by atoms with Gasteiger partial charge in [-0.2, -0.15) is 0 Å². The van der Waals surface area contributed by atoms with Crippen molar-refractivity contribution >= 4 is 18.5 Å². The Balaban J connectivity index is 1.40. The van der Waals surface area contributed by atoms with Crippen LogP contribution in [-0.4, -0.2) is 24.3 Å². The molecule has 3 aliphatic rings. The summed E-state index contributed by atoms with van der Waals surface area (Å²) in [6, 6.07) is 8.03. The predicted molar refractivity (Wildman–Crippen MR) is 91.2 cm³/mol. The average Bonchev–Trinajstić information content (AvgIpc) is 2.91. The van der Waals surface area contributed by atoms with E-state index in [1.54, 1.807) is 6.26 Å². The zero-order chi connectivity index (χ0) is 16.2. The lowest BCUT2D eigenvalue weighted by Crippen LogP contribution is -2.67. The van der Waals surface area contributed by atoms with Crippen LogP contribution in [0, 0.1) is 17.3 Å². The van der Waals surface area contributed by atoms with Gasteiger partial charge in [-0.15, -0.1) is 0 Å². The normalized spacial score (nSPS) is 35.0. The summed E-state index contributed by atoms with van der Waals surface area (Å²) < 4.78 is 11.6. The highest BCUT2D eigenvalue weighted by atomic mass is 16.5. The van der Waals surface area contributed by atoms with Crippen LogP contribution in [0.3, 0.4) is 0 Å². The third-order valence-corrected chi connectivity index (χ3v) is 6.45. The molecule has 0 unspecified atom stereocenters. The first-order chi connectivity index (χ1) is 10.9. The molecule has 121 valence electrons. The molecular formula is C19H24BO3. The molecule has 3 aliphatic carbocycles. The molecule has 2 bridgehead atoms. The van der Waals surface area contributed by atoms with Crippen molar-refractivity contribution in [2.45, 2.75) is 51.6 Å². The summed E-state index contributed by atoms with van der Waals surface area (Å²) in [6.45, 7) is 6.50. The molecule has 3 nitrogen and oxygen atoms in total. The molecule has 0 spiro atoms. The quantitative estimate of drug-likeness (QED) is 0.874. The van der Waals surface area contributed by atoms with E-state index in [0.29, 0.717) is 18.2 Å². The first-order valence-electron chi connectivity index (χ1n) is 8.55. The van der Waals surface area contributed by atoms with Gasteiger partial charge in [0.15, 0.2) is 0 Å². The zero-order valence-corrected chi connectivity index (χ0v) is 14.1. The molecule has 23 heavy (non-hydrogen) atoms. The fraction of sp³-hybridized carbons (Fsp3) is 0.579. The van der Waals surface area contributed by atoms with E-state index in [-0.39, 0.29) is 11.5 Å². The maximum absolute atomic E-state index is 10.9. The van der Waals surface area contributed by atoms with Crippen molar-refractivity contribution in [1.29, 1.82) is 0 Å². The number of rotatable bonds is 4. The molecule has 3 saturated carbocycles. The molecule has 2 aromatic rings. The number of aliphatic hydroxyl groups is 1. The highest BCUT2D eigenvalue weighted by Crippen LogP contribution is 2.63. The fourth-order valence-electron chi connectivity index (χ4n) is 4.77. The first kappa shape index (κ1) is 15.3. The Morgan fingerprint density at radius 1 is 1.26 bits per heavy atom. The molecule has 4 heteroatoms. The molecule has 0 saturated heterocycles. The number of benzene rings is 1. The van der Waals surface area contributed by atoms with Crippen LogP contribution in [0.4, 0.5) is 0 Å². The van der Waals surface area contributed by atoms with E-state index in [2.05, 4.69) is 19.9 Å². The molecule has 5 rings (SSSR count). The van der Waals surface area contributed by atoms with Gasteiger partial charge in [-0.25, -0.2) is 0 Å². The fourth-order valence-corrected chi connectivity index (χ4v) is 4.77. The average molecular weight is 311 g/mol. The van der Waals surface area contributed by atoms with Gasteiger partial charge in [0.05, 0.1) is 18.0 Å². The second-order valence-corrected chi connectivity index (χ2v) is 8.02. The van der Waals surface area contributed by atoms with Gasteiger partial charge in [0, 0.05) is 5.39 Å². The van der Waals surface area contributed by atoms with E-state index < -0.39 is 5.60 Å². The van der Waals surface area contributed by atoms with E-state index in [1.165, 1.54) is 0 Å². The van der Waals surface area contributed by atoms with Crippen LogP contribution in [0.2, 0.25) is 0 Å². The molecule has 1 aromatic heterocycles. The summed E-state index contributed by atoms with van der Waals surface area (Å²) in [5.74, 6) is 1.00. The van der Waals surface area contributed by atoms with Gasteiger partial charge in [-0.3, -0.25) is 0 Å². The van der Waals surface area contributed by atoms with Crippen molar-refractivity contribution in [2.75, 3.05) is 0 Å². The first-order valence-corrected chi connectivity index (χ1v) is 8.55. The third-order valence-electron chi connectivity index (χ3n) is 6.45. The van der Waals surface area contributed by atoms with Crippen LogP contribution in [-0.2, 0) is 11.0 Å². The van der Waals surface area contributed by atoms with Gasteiger partial charge in [-0.1, -0.05) is 32.0 Å². The minimum Gasteiger partial charge on any atom is -0.464 e. The summed E-state index contributed by atoms with van der Waals surface area (Å²) in [5.41, 5.74) is 1.53. The molecule has 0 aliphatic heterocycles. The van der Waals surface area contributed by atoms with Gasteiger partial charge in [0.25, 0.3) is 7.48 Å². The summed E-state index contributed by atoms with van der Waals surface area (Å²) in [6.07, 6.45) is 4.47. The maximum atomic E-state index is 10.9. The SMILES string of the molecule is CC1(C)[C@@H]2C[C@@H](O[B]Cc3coc4ccccc34)[C@@](C)(O)[C@H]1C2. The number of fused-ring (bicyclic) bond motifs is 3. The minimum absolute atomic E-state index is 0.0996. The van der Waals surface area contributed by atoms with E-state index in [0.717, 1.165) is 29.4 Å². The molecule has 3 fully saturated rings. The van der Waals surface area contributed by atoms with Crippen LogP contribution in [0.1, 0.15) is 39.2 Å². The van der Waals surface area contributed by atoms with Gasteiger partial charge < -0.3 is 14.2 Å². The number of hydrogen-bond acceptors (Lipinski definition) is 3. The third kappa shape index (κ3) is 2.26. The van der Waals surface area contributed by atoms with Crippen LogP contribution in [0.15, 0.2) is 34.9 Å². The van der Waals surface area contributed by atoms with Crippen LogP contribution >= 0.6 is 0 Å². The lowest BCUT2D eigenvalue weighted by molar-refractivity contribution is -0.238. The summed E-state index contributed by atoms with van der Waals surface area (Å²) in [4.78, 5) is 0. The van der Waals surface area contributed by atoms with E-state index in [1.807, 2.05) is 32.6 Å².